The number of benzene rings is 1. The van der Waals surface area contributed by atoms with E-state index in [1.807, 2.05) is 0 Å². The van der Waals surface area contributed by atoms with Gasteiger partial charge in [0.15, 0.2) is 17.5 Å². The van der Waals surface area contributed by atoms with E-state index in [9.17, 15) is 18.3 Å². The van der Waals surface area contributed by atoms with Crippen LogP contribution in [0.15, 0.2) is 12.1 Å². The average Bonchev–Trinajstić information content (AvgIpc) is 2.45. The van der Waals surface area contributed by atoms with E-state index in [1.54, 1.807) is 0 Å². The molecule has 0 saturated carbocycles. The lowest BCUT2D eigenvalue weighted by molar-refractivity contribution is -0.0481. The van der Waals surface area contributed by atoms with Crippen LogP contribution in [0, 0.1) is 17.5 Å². The number of fused-ring (bicyclic) bond motifs is 3. The van der Waals surface area contributed by atoms with Crippen LogP contribution in [-0.2, 0) is 0 Å². The van der Waals surface area contributed by atoms with Gasteiger partial charge in [0.05, 0.1) is 12.1 Å². The summed E-state index contributed by atoms with van der Waals surface area (Å²) in [6.07, 6.45) is -1.14. The normalized spacial score (nSPS) is 31.5. The van der Waals surface area contributed by atoms with E-state index in [0.29, 0.717) is 6.54 Å². The van der Waals surface area contributed by atoms with Gasteiger partial charge in [-0.1, -0.05) is 6.07 Å². The van der Waals surface area contributed by atoms with E-state index in [0.717, 1.165) is 38.3 Å². The number of halogens is 3. The highest BCUT2D eigenvalue weighted by Crippen LogP contribution is 2.29. The Kier molecular flexibility index (Phi) is 3.24. The molecule has 4 rings (SSSR count). The van der Waals surface area contributed by atoms with Crippen molar-refractivity contribution in [3.05, 3.63) is 35.1 Å². The summed E-state index contributed by atoms with van der Waals surface area (Å²) in [6, 6.07) is 1.71. The molecular formula is C13H15F3N2O. The van der Waals surface area contributed by atoms with Crippen LogP contribution < -0.4 is 0 Å². The molecule has 3 fully saturated rings. The molecular weight excluding hydrogens is 257 g/mol. The van der Waals surface area contributed by atoms with Crippen molar-refractivity contribution in [2.75, 3.05) is 32.7 Å². The van der Waals surface area contributed by atoms with Crippen molar-refractivity contribution >= 4 is 0 Å². The summed E-state index contributed by atoms with van der Waals surface area (Å²) in [5, 5.41) is 10.3. The molecule has 0 amide bonds. The largest absolute Gasteiger partial charge is 0.387 e. The third-order valence-electron chi connectivity index (χ3n) is 4.07. The predicted octanol–water partition coefficient (Wildman–Crippen LogP) is 1.14. The van der Waals surface area contributed by atoms with Crippen molar-refractivity contribution < 1.29 is 18.3 Å². The van der Waals surface area contributed by atoms with Gasteiger partial charge in [-0.3, -0.25) is 9.80 Å². The van der Waals surface area contributed by atoms with Crippen LogP contribution in [0.3, 0.4) is 0 Å². The first-order chi connectivity index (χ1) is 9.08. The molecule has 3 aliphatic rings. The average molecular weight is 272 g/mol. The van der Waals surface area contributed by atoms with Gasteiger partial charge in [-0.15, -0.1) is 0 Å². The Labute approximate surface area is 109 Å². The van der Waals surface area contributed by atoms with E-state index in [1.165, 1.54) is 0 Å². The first kappa shape index (κ1) is 12.9. The van der Waals surface area contributed by atoms with Crippen molar-refractivity contribution in [1.82, 2.24) is 9.80 Å². The third-order valence-corrected chi connectivity index (χ3v) is 4.07. The maximum Gasteiger partial charge on any atom is 0.194 e. The molecule has 1 aromatic carbocycles. The van der Waals surface area contributed by atoms with E-state index in [2.05, 4.69) is 9.80 Å². The summed E-state index contributed by atoms with van der Waals surface area (Å²) in [5.41, 5.74) is -0.169. The lowest BCUT2D eigenvalue weighted by Gasteiger charge is -2.49. The summed E-state index contributed by atoms with van der Waals surface area (Å²) >= 11 is 0. The molecule has 1 aromatic rings. The highest BCUT2D eigenvalue weighted by atomic mass is 19.2. The topological polar surface area (TPSA) is 26.7 Å². The van der Waals surface area contributed by atoms with Gasteiger partial charge < -0.3 is 5.11 Å². The molecule has 3 nitrogen and oxygen atoms in total. The smallest absolute Gasteiger partial charge is 0.194 e. The Balaban J connectivity index is 1.88. The second kappa shape index (κ2) is 4.77. The second-order valence-corrected chi connectivity index (χ2v) is 5.11. The summed E-state index contributed by atoms with van der Waals surface area (Å²) in [6.45, 7) is 4.12. The van der Waals surface area contributed by atoms with Gasteiger partial charge in [0.2, 0.25) is 0 Å². The van der Waals surface area contributed by atoms with Crippen molar-refractivity contribution in [1.29, 1.82) is 0 Å². The summed E-state index contributed by atoms with van der Waals surface area (Å²) in [4.78, 5) is 4.26. The van der Waals surface area contributed by atoms with E-state index in [-0.39, 0.29) is 11.6 Å². The van der Waals surface area contributed by atoms with Gasteiger partial charge in [0.25, 0.3) is 0 Å². The molecule has 0 radical (unpaired) electrons. The van der Waals surface area contributed by atoms with Gasteiger partial charge in [0, 0.05) is 38.3 Å². The van der Waals surface area contributed by atoms with Crippen molar-refractivity contribution in [3.63, 3.8) is 0 Å². The first-order valence-electron chi connectivity index (χ1n) is 6.36. The number of hydrogen-bond donors (Lipinski definition) is 1. The zero-order chi connectivity index (χ0) is 13.6. The summed E-state index contributed by atoms with van der Waals surface area (Å²) in [7, 11) is 0. The van der Waals surface area contributed by atoms with E-state index < -0.39 is 23.6 Å². The Morgan fingerprint density at radius 2 is 1.74 bits per heavy atom. The van der Waals surface area contributed by atoms with Crippen LogP contribution in [0.25, 0.3) is 0 Å². The zero-order valence-electron chi connectivity index (χ0n) is 10.3. The van der Waals surface area contributed by atoms with Crippen LogP contribution in [0.2, 0.25) is 0 Å². The minimum absolute atomic E-state index is 0.169. The number of piperazine rings is 3. The molecule has 2 atom stereocenters. The van der Waals surface area contributed by atoms with Crippen LogP contribution in [-0.4, -0.2) is 53.7 Å². The summed E-state index contributed by atoms with van der Waals surface area (Å²) < 4.78 is 39.8. The van der Waals surface area contributed by atoms with Crippen molar-refractivity contribution in [3.8, 4) is 0 Å². The Bertz CT molecular complexity index is 489. The van der Waals surface area contributed by atoms with Crippen LogP contribution in [0.5, 0.6) is 0 Å². The lowest BCUT2D eigenvalue weighted by Crippen LogP contribution is -2.62. The maximum absolute atomic E-state index is 13.7. The molecule has 2 unspecified atom stereocenters. The zero-order valence-corrected chi connectivity index (χ0v) is 10.3. The van der Waals surface area contributed by atoms with Gasteiger partial charge in [-0.2, -0.15) is 0 Å². The van der Waals surface area contributed by atoms with Gasteiger partial charge >= 0.3 is 0 Å². The monoisotopic (exact) mass is 272 g/mol. The molecule has 0 aromatic heterocycles. The maximum atomic E-state index is 13.7. The number of rotatable bonds is 2. The van der Waals surface area contributed by atoms with Crippen molar-refractivity contribution in [2.45, 2.75) is 12.1 Å². The fourth-order valence-electron chi connectivity index (χ4n) is 2.93. The highest BCUT2D eigenvalue weighted by molar-refractivity contribution is 5.24. The SMILES string of the molecule is OC(c1ccc(F)c(F)c1F)C1CN2CCN1CC2. The predicted molar refractivity (Wildman–Crippen MR) is 63.1 cm³/mol. The Morgan fingerprint density at radius 3 is 2.32 bits per heavy atom. The molecule has 3 saturated heterocycles. The van der Waals surface area contributed by atoms with E-state index >= 15 is 0 Å². The number of hydrogen-bond acceptors (Lipinski definition) is 3. The fraction of sp³-hybridized carbons (Fsp3) is 0.538. The molecule has 3 aliphatic heterocycles. The highest BCUT2D eigenvalue weighted by Gasteiger charge is 2.38. The number of aliphatic hydroxyl groups excluding tert-OH is 1. The van der Waals surface area contributed by atoms with Crippen molar-refractivity contribution in [2.24, 2.45) is 0 Å². The number of nitrogens with zero attached hydrogens (tertiary/aromatic N) is 2. The molecule has 6 heteroatoms. The standard InChI is InChI=1S/C13H15F3N2O/c14-9-2-1-8(11(15)12(9)16)13(19)10-7-17-3-5-18(10)6-4-17/h1-2,10,13,19H,3-7H2. The molecule has 1 N–H and O–H groups in total. The third kappa shape index (κ3) is 2.13. The quantitative estimate of drug-likeness (QED) is 0.818. The minimum atomic E-state index is -1.52. The Morgan fingerprint density at radius 1 is 1.05 bits per heavy atom. The first-order valence-corrected chi connectivity index (χ1v) is 6.36. The molecule has 0 spiro atoms. The van der Waals surface area contributed by atoms with Crippen LogP contribution in [0.4, 0.5) is 13.2 Å². The second-order valence-electron chi connectivity index (χ2n) is 5.11. The lowest BCUT2D eigenvalue weighted by atomic mass is 9.96. The van der Waals surface area contributed by atoms with E-state index in [4.69, 9.17) is 0 Å². The molecule has 19 heavy (non-hydrogen) atoms. The van der Waals surface area contributed by atoms with Gasteiger partial charge in [0.1, 0.15) is 0 Å². The Hall–Kier alpha value is -1.11. The molecule has 104 valence electrons. The fourth-order valence-corrected chi connectivity index (χ4v) is 2.93. The number of aliphatic hydroxyl groups is 1. The molecule has 3 heterocycles. The summed E-state index contributed by atoms with van der Waals surface area (Å²) in [5.74, 6) is -4.04. The van der Waals surface area contributed by atoms with Gasteiger partial charge in [-0.25, -0.2) is 13.2 Å². The molecule has 2 bridgehead atoms. The van der Waals surface area contributed by atoms with Crippen LogP contribution >= 0.6 is 0 Å². The minimum Gasteiger partial charge on any atom is -0.387 e. The molecule has 0 aliphatic carbocycles. The van der Waals surface area contributed by atoms with Crippen LogP contribution in [0.1, 0.15) is 11.7 Å². The van der Waals surface area contributed by atoms with Gasteiger partial charge in [-0.05, 0) is 6.07 Å².